The Morgan fingerprint density at radius 3 is 2.24 bits per heavy atom. The van der Waals surface area contributed by atoms with Crippen LogP contribution in [0.25, 0.3) is 0 Å². The molecule has 2 aromatic carbocycles. The molecule has 0 radical (unpaired) electrons. The minimum absolute atomic E-state index is 0.206. The topological polar surface area (TPSA) is 41.1 Å². The van der Waals surface area contributed by atoms with Gasteiger partial charge in [0.1, 0.15) is 5.82 Å². The lowest BCUT2D eigenvalue weighted by Gasteiger charge is -2.15. The van der Waals surface area contributed by atoms with Gasteiger partial charge in [0.05, 0.1) is 11.3 Å². The van der Waals surface area contributed by atoms with E-state index in [0.29, 0.717) is 0 Å². The van der Waals surface area contributed by atoms with Crippen molar-refractivity contribution in [1.29, 1.82) is 0 Å². The van der Waals surface area contributed by atoms with Gasteiger partial charge in [0, 0.05) is 12.7 Å². The molecule has 0 fully saturated rings. The molecule has 0 heterocycles. The first-order valence-corrected chi connectivity index (χ1v) is 6.79. The van der Waals surface area contributed by atoms with Gasteiger partial charge in [-0.25, -0.2) is 4.39 Å². The molecule has 0 bridgehead atoms. The van der Waals surface area contributed by atoms with E-state index in [1.54, 1.807) is 13.1 Å². The Bertz CT molecular complexity index is 672. The first-order chi connectivity index (χ1) is 9.93. The number of amides is 1. The standard InChI is InChI=1S/C17H19FN2O/c1-10-8-11(2)15(12(3)9-10)20-17(21)13-6-5-7-14(18)16(13)19-4/h5-9,19H,1-4H3,(H,20,21). The lowest BCUT2D eigenvalue weighted by atomic mass is 10.0. The molecule has 21 heavy (non-hydrogen) atoms. The molecule has 0 atom stereocenters. The lowest BCUT2D eigenvalue weighted by molar-refractivity contribution is 0.102. The van der Waals surface area contributed by atoms with Gasteiger partial charge in [-0.15, -0.1) is 0 Å². The highest BCUT2D eigenvalue weighted by atomic mass is 19.1. The summed E-state index contributed by atoms with van der Waals surface area (Å²) in [4.78, 5) is 12.4. The SMILES string of the molecule is CNc1c(F)cccc1C(=O)Nc1c(C)cc(C)cc1C. The highest BCUT2D eigenvalue weighted by Crippen LogP contribution is 2.25. The van der Waals surface area contributed by atoms with E-state index in [1.807, 2.05) is 32.9 Å². The monoisotopic (exact) mass is 286 g/mol. The van der Waals surface area contributed by atoms with Gasteiger partial charge in [-0.3, -0.25) is 4.79 Å². The predicted molar refractivity (Wildman–Crippen MR) is 84.6 cm³/mol. The van der Waals surface area contributed by atoms with Gasteiger partial charge in [0.15, 0.2) is 0 Å². The fraction of sp³-hybridized carbons (Fsp3) is 0.235. The molecule has 0 aliphatic heterocycles. The fourth-order valence-corrected chi connectivity index (χ4v) is 2.53. The maximum absolute atomic E-state index is 13.7. The number of hydrogen-bond donors (Lipinski definition) is 2. The number of halogens is 1. The summed E-state index contributed by atoms with van der Waals surface area (Å²) in [7, 11) is 1.59. The van der Waals surface area contributed by atoms with Crippen LogP contribution in [0.5, 0.6) is 0 Å². The molecule has 0 spiro atoms. The van der Waals surface area contributed by atoms with Crippen molar-refractivity contribution in [1.82, 2.24) is 0 Å². The van der Waals surface area contributed by atoms with Gasteiger partial charge < -0.3 is 10.6 Å². The number of carbonyl (C=O) groups excluding carboxylic acids is 1. The van der Waals surface area contributed by atoms with Gasteiger partial charge in [-0.05, 0) is 44.0 Å². The van der Waals surface area contributed by atoms with Gasteiger partial charge in [-0.2, -0.15) is 0 Å². The first kappa shape index (κ1) is 15.0. The summed E-state index contributed by atoms with van der Waals surface area (Å²) >= 11 is 0. The van der Waals surface area contributed by atoms with E-state index in [0.717, 1.165) is 22.4 Å². The van der Waals surface area contributed by atoms with Crippen molar-refractivity contribution in [2.45, 2.75) is 20.8 Å². The third-order valence-corrected chi connectivity index (χ3v) is 3.42. The zero-order valence-electron chi connectivity index (χ0n) is 12.7. The molecular weight excluding hydrogens is 267 g/mol. The van der Waals surface area contributed by atoms with Gasteiger partial charge in [-0.1, -0.05) is 23.8 Å². The average Bonchev–Trinajstić information content (AvgIpc) is 2.42. The summed E-state index contributed by atoms with van der Waals surface area (Å²) < 4.78 is 13.7. The van der Waals surface area contributed by atoms with Crippen LogP contribution in [0.2, 0.25) is 0 Å². The van der Waals surface area contributed by atoms with Crippen LogP contribution in [0.3, 0.4) is 0 Å². The summed E-state index contributed by atoms with van der Waals surface area (Å²) in [6, 6.07) is 8.47. The molecule has 0 aromatic heterocycles. The fourth-order valence-electron chi connectivity index (χ4n) is 2.53. The van der Waals surface area contributed by atoms with Crippen LogP contribution in [0.4, 0.5) is 15.8 Å². The zero-order valence-corrected chi connectivity index (χ0v) is 12.7. The van der Waals surface area contributed by atoms with Gasteiger partial charge in [0.2, 0.25) is 0 Å². The predicted octanol–water partition coefficient (Wildman–Crippen LogP) is 4.04. The minimum atomic E-state index is -0.442. The molecule has 4 heteroatoms. The van der Waals surface area contributed by atoms with E-state index >= 15 is 0 Å². The van der Waals surface area contributed by atoms with Crippen LogP contribution in [-0.2, 0) is 0 Å². The van der Waals surface area contributed by atoms with E-state index in [-0.39, 0.29) is 17.2 Å². The summed E-state index contributed by atoms with van der Waals surface area (Å²) in [5.41, 5.74) is 4.39. The second-order valence-electron chi connectivity index (χ2n) is 5.14. The molecule has 0 unspecified atom stereocenters. The average molecular weight is 286 g/mol. The zero-order chi connectivity index (χ0) is 15.6. The van der Waals surface area contributed by atoms with Crippen molar-refractivity contribution in [3.63, 3.8) is 0 Å². The number of aryl methyl sites for hydroxylation is 3. The van der Waals surface area contributed by atoms with E-state index in [4.69, 9.17) is 0 Å². The molecule has 2 aromatic rings. The largest absolute Gasteiger partial charge is 0.385 e. The van der Waals surface area contributed by atoms with Crippen molar-refractivity contribution >= 4 is 17.3 Å². The van der Waals surface area contributed by atoms with Crippen molar-refractivity contribution < 1.29 is 9.18 Å². The quantitative estimate of drug-likeness (QED) is 0.894. The third-order valence-electron chi connectivity index (χ3n) is 3.42. The highest BCUT2D eigenvalue weighted by molar-refractivity contribution is 6.08. The molecule has 110 valence electrons. The number of para-hydroxylation sites is 1. The first-order valence-electron chi connectivity index (χ1n) is 6.79. The molecule has 3 nitrogen and oxygen atoms in total. The Morgan fingerprint density at radius 2 is 1.67 bits per heavy atom. The van der Waals surface area contributed by atoms with Crippen LogP contribution in [0, 0.1) is 26.6 Å². The Balaban J connectivity index is 2.38. The van der Waals surface area contributed by atoms with Crippen molar-refractivity contribution in [3.05, 3.63) is 58.4 Å². The molecular formula is C17H19FN2O. The number of carbonyl (C=O) groups is 1. The summed E-state index contributed by atoms with van der Waals surface area (Å²) in [5, 5.41) is 5.61. The molecule has 2 rings (SSSR count). The van der Waals surface area contributed by atoms with Gasteiger partial charge >= 0.3 is 0 Å². The number of benzene rings is 2. The highest BCUT2D eigenvalue weighted by Gasteiger charge is 2.16. The number of nitrogens with one attached hydrogen (secondary N) is 2. The van der Waals surface area contributed by atoms with Crippen LogP contribution in [0.1, 0.15) is 27.0 Å². The van der Waals surface area contributed by atoms with E-state index in [9.17, 15) is 9.18 Å². The third kappa shape index (κ3) is 3.05. The normalized spacial score (nSPS) is 10.3. The van der Waals surface area contributed by atoms with Crippen LogP contribution >= 0.6 is 0 Å². The van der Waals surface area contributed by atoms with Crippen molar-refractivity contribution in [2.75, 3.05) is 17.7 Å². The molecule has 0 aliphatic carbocycles. The van der Waals surface area contributed by atoms with E-state index in [2.05, 4.69) is 10.6 Å². The number of anilines is 2. The van der Waals surface area contributed by atoms with E-state index < -0.39 is 5.82 Å². The number of rotatable bonds is 3. The smallest absolute Gasteiger partial charge is 0.257 e. The molecule has 0 aliphatic rings. The second-order valence-corrected chi connectivity index (χ2v) is 5.14. The summed E-state index contributed by atoms with van der Waals surface area (Å²) in [6.07, 6.45) is 0. The number of hydrogen-bond acceptors (Lipinski definition) is 2. The molecule has 1 amide bonds. The Morgan fingerprint density at radius 1 is 1.05 bits per heavy atom. The van der Waals surface area contributed by atoms with E-state index in [1.165, 1.54) is 12.1 Å². The van der Waals surface area contributed by atoms with Crippen LogP contribution in [-0.4, -0.2) is 13.0 Å². The van der Waals surface area contributed by atoms with Gasteiger partial charge in [0.25, 0.3) is 5.91 Å². The molecule has 0 saturated carbocycles. The summed E-state index contributed by atoms with van der Waals surface area (Å²) in [6.45, 7) is 5.90. The Labute approximate surface area is 124 Å². The summed E-state index contributed by atoms with van der Waals surface area (Å²) in [5.74, 6) is -0.767. The minimum Gasteiger partial charge on any atom is -0.385 e. The van der Waals surface area contributed by atoms with Crippen molar-refractivity contribution in [2.24, 2.45) is 0 Å². The molecule has 0 saturated heterocycles. The second kappa shape index (κ2) is 5.95. The Hall–Kier alpha value is -2.36. The maximum atomic E-state index is 13.7. The molecule has 2 N–H and O–H groups in total. The lowest BCUT2D eigenvalue weighted by Crippen LogP contribution is -2.16. The van der Waals surface area contributed by atoms with Crippen LogP contribution < -0.4 is 10.6 Å². The van der Waals surface area contributed by atoms with Crippen LogP contribution in [0.15, 0.2) is 30.3 Å². The Kier molecular flexibility index (Phi) is 4.26. The maximum Gasteiger partial charge on any atom is 0.257 e. The van der Waals surface area contributed by atoms with Crippen molar-refractivity contribution in [3.8, 4) is 0 Å².